The van der Waals surface area contributed by atoms with E-state index in [1.807, 2.05) is 19.9 Å². The maximum atomic E-state index is 13.0. The number of halogens is 1. The molecule has 0 unspecified atom stereocenters. The predicted molar refractivity (Wildman–Crippen MR) is 115 cm³/mol. The smallest absolute Gasteiger partial charge is 0.263 e. The molecule has 0 heterocycles. The zero-order chi connectivity index (χ0) is 20.8. The average Bonchev–Trinajstić information content (AvgIpc) is 3.28. The van der Waals surface area contributed by atoms with E-state index in [2.05, 4.69) is 10.0 Å². The van der Waals surface area contributed by atoms with E-state index in [1.165, 1.54) is 25.0 Å². The van der Waals surface area contributed by atoms with Gasteiger partial charge in [0.05, 0.1) is 10.7 Å². The van der Waals surface area contributed by atoms with Crippen molar-refractivity contribution in [3.8, 4) is 0 Å². The molecular formula is C22H25ClN2O3S. The van der Waals surface area contributed by atoms with Crippen molar-refractivity contribution < 1.29 is 13.2 Å². The first kappa shape index (κ1) is 20.2. The second-order valence-electron chi connectivity index (χ2n) is 8.25. The van der Waals surface area contributed by atoms with Crippen LogP contribution in [0.3, 0.4) is 0 Å². The monoisotopic (exact) mass is 432 g/mol. The number of carbonyl (C=O) groups excluding carboxylic acids is 1. The molecule has 0 spiro atoms. The minimum atomic E-state index is -3.94. The van der Waals surface area contributed by atoms with Crippen LogP contribution in [0, 0.1) is 25.7 Å². The molecule has 2 aliphatic carbocycles. The fourth-order valence-electron chi connectivity index (χ4n) is 4.59. The number of sulfonamides is 1. The Balaban J connectivity index is 1.57. The highest BCUT2D eigenvalue weighted by molar-refractivity contribution is 7.92. The van der Waals surface area contributed by atoms with Crippen LogP contribution in [0.5, 0.6) is 0 Å². The lowest BCUT2D eigenvalue weighted by Crippen LogP contribution is -2.38. The molecule has 0 aliphatic heterocycles. The van der Waals surface area contributed by atoms with Gasteiger partial charge in [-0.25, -0.2) is 8.42 Å². The maximum absolute atomic E-state index is 13.0. The van der Waals surface area contributed by atoms with Crippen LogP contribution in [-0.4, -0.2) is 20.4 Å². The highest BCUT2D eigenvalue weighted by atomic mass is 35.5. The highest BCUT2D eigenvalue weighted by Gasteiger charge is 2.40. The van der Waals surface area contributed by atoms with Crippen LogP contribution in [-0.2, 0) is 10.0 Å². The molecule has 2 bridgehead atoms. The fraction of sp³-hybridized carbons (Fsp3) is 0.409. The van der Waals surface area contributed by atoms with Gasteiger partial charge < -0.3 is 5.32 Å². The third-order valence-electron chi connectivity index (χ3n) is 6.39. The molecule has 2 aliphatic rings. The first-order valence-corrected chi connectivity index (χ1v) is 11.8. The number of anilines is 1. The van der Waals surface area contributed by atoms with E-state index >= 15 is 0 Å². The van der Waals surface area contributed by atoms with Gasteiger partial charge in [-0.05, 0) is 80.3 Å². The zero-order valence-corrected chi connectivity index (χ0v) is 18.1. The van der Waals surface area contributed by atoms with Crippen molar-refractivity contribution in [1.29, 1.82) is 0 Å². The van der Waals surface area contributed by atoms with Crippen LogP contribution in [0.25, 0.3) is 0 Å². The van der Waals surface area contributed by atoms with Crippen molar-refractivity contribution in [2.45, 2.75) is 50.5 Å². The van der Waals surface area contributed by atoms with Gasteiger partial charge in [-0.15, -0.1) is 0 Å². The molecule has 0 aromatic heterocycles. The molecule has 5 nitrogen and oxygen atoms in total. The van der Waals surface area contributed by atoms with Crippen molar-refractivity contribution in [3.63, 3.8) is 0 Å². The van der Waals surface area contributed by atoms with Gasteiger partial charge in [0.1, 0.15) is 4.90 Å². The number of fused-ring (bicyclic) bond motifs is 2. The lowest BCUT2D eigenvalue weighted by Gasteiger charge is -2.23. The zero-order valence-electron chi connectivity index (χ0n) is 16.5. The number of carbonyl (C=O) groups is 1. The molecular weight excluding hydrogens is 408 g/mol. The average molecular weight is 433 g/mol. The summed E-state index contributed by atoms with van der Waals surface area (Å²) < 4.78 is 28.6. The van der Waals surface area contributed by atoms with Gasteiger partial charge in [0.2, 0.25) is 0 Å². The molecule has 29 heavy (non-hydrogen) atoms. The van der Waals surface area contributed by atoms with Crippen LogP contribution < -0.4 is 10.0 Å². The van der Waals surface area contributed by atoms with Crippen molar-refractivity contribution in [1.82, 2.24) is 5.32 Å². The summed E-state index contributed by atoms with van der Waals surface area (Å²) in [5, 5.41) is 3.18. The summed E-state index contributed by atoms with van der Waals surface area (Å²) in [6.45, 7) is 3.77. The Morgan fingerprint density at radius 1 is 1.10 bits per heavy atom. The fourth-order valence-corrected chi connectivity index (χ4v) is 6.23. The molecule has 4 rings (SSSR count). The first-order chi connectivity index (χ1) is 13.7. The minimum Gasteiger partial charge on any atom is -0.349 e. The Morgan fingerprint density at radius 3 is 2.59 bits per heavy atom. The summed E-state index contributed by atoms with van der Waals surface area (Å²) in [5.74, 6) is 1.01. The number of hydrogen-bond donors (Lipinski definition) is 2. The standard InChI is InChI=1S/C22H25ClN2O3S/c1-13-4-3-5-19(14(13)2)25-29(27,28)21-12-17(8-9-18(21)23)22(26)24-20-11-15-6-7-16(20)10-15/h3-5,8-9,12,15-16,20,25H,6-7,10-11H2,1-2H3,(H,24,26)/t15-,16-,20+/m1/s1. The van der Waals surface area contributed by atoms with Crippen LogP contribution in [0.1, 0.15) is 47.2 Å². The molecule has 0 radical (unpaired) electrons. The predicted octanol–water partition coefficient (Wildman–Crippen LogP) is 4.68. The van der Waals surface area contributed by atoms with Crippen LogP contribution >= 0.6 is 11.6 Å². The van der Waals surface area contributed by atoms with Gasteiger partial charge in [0.25, 0.3) is 15.9 Å². The van der Waals surface area contributed by atoms with Gasteiger partial charge in [-0.3, -0.25) is 9.52 Å². The Hall–Kier alpha value is -2.05. The number of benzene rings is 2. The first-order valence-electron chi connectivity index (χ1n) is 9.94. The third-order valence-corrected chi connectivity index (χ3v) is 8.23. The SMILES string of the molecule is Cc1cccc(NS(=O)(=O)c2cc(C(=O)N[C@H]3C[C@@H]4CC[C@@H]3C4)ccc2Cl)c1C. The molecule has 0 saturated heterocycles. The van der Waals surface area contributed by atoms with E-state index in [9.17, 15) is 13.2 Å². The summed E-state index contributed by atoms with van der Waals surface area (Å²) in [6, 6.07) is 10.0. The largest absolute Gasteiger partial charge is 0.349 e. The lowest BCUT2D eigenvalue weighted by molar-refractivity contribution is 0.0922. The molecule has 1 amide bonds. The van der Waals surface area contributed by atoms with Crippen molar-refractivity contribution in [2.75, 3.05) is 4.72 Å². The molecule has 7 heteroatoms. The third kappa shape index (κ3) is 4.01. The maximum Gasteiger partial charge on any atom is 0.263 e. The van der Waals surface area contributed by atoms with Gasteiger partial charge >= 0.3 is 0 Å². The number of amides is 1. The Morgan fingerprint density at radius 2 is 1.90 bits per heavy atom. The normalized spacial score (nSPS) is 23.2. The number of hydrogen-bond acceptors (Lipinski definition) is 3. The number of rotatable bonds is 5. The molecule has 2 N–H and O–H groups in total. The topological polar surface area (TPSA) is 75.3 Å². The van der Waals surface area contributed by atoms with E-state index in [0.29, 0.717) is 23.1 Å². The van der Waals surface area contributed by atoms with Crippen LogP contribution in [0.2, 0.25) is 5.02 Å². The lowest BCUT2D eigenvalue weighted by atomic mass is 9.95. The van der Waals surface area contributed by atoms with Gasteiger partial charge in [-0.1, -0.05) is 30.2 Å². The quantitative estimate of drug-likeness (QED) is 0.720. The number of aryl methyl sites for hydroxylation is 1. The Labute approximate surface area is 176 Å². The van der Waals surface area contributed by atoms with Gasteiger partial charge in [0.15, 0.2) is 0 Å². The molecule has 2 fully saturated rings. The van der Waals surface area contributed by atoms with Gasteiger partial charge in [0, 0.05) is 11.6 Å². The van der Waals surface area contributed by atoms with Crippen LogP contribution in [0.4, 0.5) is 5.69 Å². The van der Waals surface area contributed by atoms with Crippen molar-refractivity contribution in [3.05, 3.63) is 58.1 Å². The molecule has 2 aromatic rings. The Kier molecular flexibility index (Phi) is 5.34. The van der Waals surface area contributed by atoms with E-state index < -0.39 is 10.0 Å². The summed E-state index contributed by atoms with van der Waals surface area (Å²) in [4.78, 5) is 12.7. The highest BCUT2D eigenvalue weighted by Crippen LogP contribution is 2.44. The second kappa shape index (κ2) is 7.65. The van der Waals surface area contributed by atoms with Gasteiger partial charge in [-0.2, -0.15) is 0 Å². The second-order valence-corrected chi connectivity index (χ2v) is 10.3. The van der Waals surface area contributed by atoms with Crippen molar-refractivity contribution in [2.24, 2.45) is 11.8 Å². The summed E-state index contributed by atoms with van der Waals surface area (Å²) >= 11 is 6.19. The minimum absolute atomic E-state index is 0.0827. The Bertz CT molecular complexity index is 1070. The van der Waals surface area contributed by atoms with Crippen LogP contribution in [0.15, 0.2) is 41.3 Å². The molecule has 2 saturated carbocycles. The molecule has 3 atom stereocenters. The number of nitrogens with one attached hydrogen (secondary N) is 2. The van der Waals surface area contributed by atoms with Crippen molar-refractivity contribution >= 4 is 33.2 Å². The summed E-state index contributed by atoms with van der Waals surface area (Å²) in [6.07, 6.45) is 4.62. The molecule has 154 valence electrons. The van der Waals surface area contributed by atoms with E-state index in [0.717, 1.165) is 24.0 Å². The molecule has 2 aromatic carbocycles. The van der Waals surface area contributed by atoms with E-state index in [-0.39, 0.29) is 21.9 Å². The summed E-state index contributed by atoms with van der Waals surface area (Å²) in [5.41, 5.74) is 2.63. The summed E-state index contributed by atoms with van der Waals surface area (Å²) in [7, 11) is -3.94. The van der Waals surface area contributed by atoms with E-state index in [1.54, 1.807) is 18.2 Å². The van der Waals surface area contributed by atoms with E-state index in [4.69, 9.17) is 11.6 Å².